The molecule has 0 radical (unpaired) electrons. The highest BCUT2D eigenvalue weighted by Gasteiger charge is 2.63. The zero-order valence-corrected chi connectivity index (χ0v) is 15.5. The van der Waals surface area contributed by atoms with Gasteiger partial charge in [0.25, 0.3) is 0 Å². The van der Waals surface area contributed by atoms with E-state index >= 15 is 0 Å². The summed E-state index contributed by atoms with van der Waals surface area (Å²) in [6, 6.07) is 1.84. The molecule has 0 spiro atoms. The van der Waals surface area contributed by atoms with Gasteiger partial charge in [0.05, 0.1) is 13.1 Å². The summed E-state index contributed by atoms with van der Waals surface area (Å²) in [6.07, 6.45) is 4.11. The molecule has 29 heavy (non-hydrogen) atoms. The number of hydrogen-bond acceptors (Lipinski definition) is 7. The first kappa shape index (κ1) is 18.4. The molecule has 4 heterocycles. The zero-order chi connectivity index (χ0) is 20.2. The first-order valence-corrected chi connectivity index (χ1v) is 9.65. The van der Waals surface area contributed by atoms with Gasteiger partial charge in [-0.25, -0.2) is 0 Å². The predicted octanol–water partition coefficient (Wildman–Crippen LogP) is 2.91. The Labute approximate surface area is 163 Å². The Hall–Kier alpha value is -2.66. The molecule has 0 unspecified atom stereocenters. The third-order valence-electron chi connectivity index (χ3n) is 5.45. The van der Waals surface area contributed by atoms with Crippen molar-refractivity contribution in [2.45, 2.75) is 43.4 Å². The van der Waals surface area contributed by atoms with Crippen LogP contribution in [0.3, 0.4) is 0 Å². The molecule has 2 N–H and O–H groups in total. The maximum atomic E-state index is 13.7. The molecule has 0 atom stereocenters. The van der Waals surface area contributed by atoms with E-state index in [1.165, 1.54) is 0 Å². The minimum atomic E-state index is -4.14. The van der Waals surface area contributed by atoms with Crippen molar-refractivity contribution in [2.75, 3.05) is 41.3 Å². The molecule has 0 amide bonds. The molecule has 156 valence electrons. The van der Waals surface area contributed by atoms with Gasteiger partial charge in [-0.1, -0.05) is 0 Å². The van der Waals surface area contributed by atoms with Crippen LogP contribution in [0.5, 0.6) is 0 Å². The Bertz CT molecular complexity index is 891. The fourth-order valence-corrected chi connectivity index (χ4v) is 3.64. The van der Waals surface area contributed by atoms with Crippen LogP contribution in [0.1, 0.15) is 37.3 Å². The summed E-state index contributed by atoms with van der Waals surface area (Å²) in [4.78, 5) is 15.4. The lowest BCUT2D eigenvalue weighted by Gasteiger charge is -2.20. The van der Waals surface area contributed by atoms with Crippen LogP contribution in [0.2, 0.25) is 0 Å². The molecule has 2 aromatic heterocycles. The second-order valence-corrected chi connectivity index (χ2v) is 7.83. The summed E-state index contributed by atoms with van der Waals surface area (Å²) in [5, 5.41) is 10.1. The average molecular weight is 412 g/mol. The van der Waals surface area contributed by atoms with Crippen molar-refractivity contribution in [3.63, 3.8) is 0 Å². The van der Waals surface area contributed by atoms with Crippen LogP contribution in [0.25, 0.3) is 0 Å². The first-order chi connectivity index (χ1) is 13.8. The minimum absolute atomic E-state index is 0.0873. The molecule has 3 aliphatic rings. The highest BCUT2D eigenvalue weighted by Crippen LogP contribution is 2.42. The van der Waals surface area contributed by atoms with Crippen molar-refractivity contribution in [2.24, 2.45) is 0 Å². The Balaban J connectivity index is 1.45. The van der Waals surface area contributed by atoms with E-state index < -0.39 is 24.9 Å². The van der Waals surface area contributed by atoms with E-state index in [1.807, 2.05) is 11.0 Å². The molecule has 8 nitrogen and oxygen atoms in total. The molecule has 2 saturated heterocycles. The molecule has 3 fully saturated rings. The van der Waals surface area contributed by atoms with Crippen LogP contribution in [0.4, 0.5) is 41.2 Å². The zero-order valence-electron chi connectivity index (χ0n) is 15.5. The van der Waals surface area contributed by atoms with Gasteiger partial charge in [0.1, 0.15) is 0 Å². The fraction of sp³-hybridized carbons (Fsp3) is 0.647. The van der Waals surface area contributed by atoms with Crippen molar-refractivity contribution >= 4 is 23.7 Å². The van der Waals surface area contributed by atoms with E-state index in [4.69, 9.17) is 0 Å². The summed E-state index contributed by atoms with van der Waals surface area (Å²) in [5.41, 5.74) is 1.00. The number of nitrogens with one attached hydrogen (secondary N) is 2. The number of anilines is 4. The quantitative estimate of drug-likeness (QED) is 0.731. The van der Waals surface area contributed by atoms with Gasteiger partial charge in [0.2, 0.25) is 17.8 Å². The van der Waals surface area contributed by atoms with Crippen molar-refractivity contribution in [3.8, 4) is 0 Å². The van der Waals surface area contributed by atoms with Crippen molar-refractivity contribution in [1.29, 1.82) is 0 Å². The summed E-state index contributed by atoms with van der Waals surface area (Å²) < 4.78 is 54.8. The van der Waals surface area contributed by atoms with Crippen LogP contribution < -0.4 is 15.1 Å². The van der Waals surface area contributed by atoms with Crippen molar-refractivity contribution < 1.29 is 17.6 Å². The topological polar surface area (TPSA) is 85.9 Å². The Kier molecular flexibility index (Phi) is 4.07. The predicted molar refractivity (Wildman–Crippen MR) is 97.2 cm³/mol. The monoisotopic (exact) mass is 412 g/mol. The van der Waals surface area contributed by atoms with E-state index in [2.05, 4.69) is 30.5 Å². The maximum absolute atomic E-state index is 13.7. The van der Waals surface area contributed by atoms with Crippen LogP contribution >= 0.6 is 0 Å². The normalized spacial score (nSPS) is 23.0. The number of alkyl halides is 4. The number of halogens is 4. The minimum Gasteiger partial charge on any atom is -0.341 e. The molecule has 2 aliphatic heterocycles. The van der Waals surface area contributed by atoms with Gasteiger partial charge in [0, 0.05) is 30.8 Å². The summed E-state index contributed by atoms with van der Waals surface area (Å²) in [5.74, 6) is -7.14. The molecular formula is C17H20F4N8. The lowest BCUT2D eigenvalue weighted by atomic mass is 10.2. The standard InChI is InChI=1S/C17H20F4N8/c18-16(19)8-29(9-17(16,20)21)15-24-13(23-14(25-15)28-5-1-2-6-28)22-12-7-11(26-27-12)10-3-4-10/h7,10H,1-6,8-9H2,(H2,22,23,24,25,26,27). The lowest BCUT2D eigenvalue weighted by Crippen LogP contribution is -2.38. The van der Waals surface area contributed by atoms with E-state index in [1.54, 1.807) is 0 Å². The van der Waals surface area contributed by atoms with Crippen LogP contribution in [0, 0.1) is 0 Å². The number of H-pyrrole nitrogens is 1. The smallest absolute Gasteiger partial charge is 0.329 e. The Morgan fingerprint density at radius 1 is 0.931 bits per heavy atom. The molecule has 1 saturated carbocycles. The fourth-order valence-electron chi connectivity index (χ4n) is 3.64. The Morgan fingerprint density at radius 3 is 2.17 bits per heavy atom. The van der Waals surface area contributed by atoms with Crippen LogP contribution in [-0.4, -0.2) is 63.2 Å². The Morgan fingerprint density at radius 2 is 1.55 bits per heavy atom. The molecule has 0 bridgehead atoms. The van der Waals surface area contributed by atoms with Gasteiger partial charge in [-0.15, -0.1) is 0 Å². The van der Waals surface area contributed by atoms with E-state index in [0.717, 1.165) is 36.3 Å². The third kappa shape index (κ3) is 3.44. The molecular weight excluding hydrogens is 392 g/mol. The number of aromatic nitrogens is 5. The van der Waals surface area contributed by atoms with Gasteiger partial charge in [0.15, 0.2) is 5.82 Å². The summed E-state index contributed by atoms with van der Waals surface area (Å²) in [7, 11) is 0. The largest absolute Gasteiger partial charge is 0.341 e. The lowest BCUT2D eigenvalue weighted by molar-refractivity contribution is -0.172. The summed E-state index contributed by atoms with van der Waals surface area (Å²) in [6.45, 7) is -0.860. The van der Waals surface area contributed by atoms with Crippen molar-refractivity contribution in [1.82, 2.24) is 25.1 Å². The average Bonchev–Trinajstić information content (AvgIpc) is 3.09. The van der Waals surface area contributed by atoms with E-state index in [-0.39, 0.29) is 17.8 Å². The van der Waals surface area contributed by atoms with Gasteiger partial charge in [-0.3, -0.25) is 5.10 Å². The van der Waals surface area contributed by atoms with Crippen LogP contribution in [0.15, 0.2) is 6.07 Å². The van der Waals surface area contributed by atoms with Gasteiger partial charge in [-0.05, 0) is 25.7 Å². The van der Waals surface area contributed by atoms with Crippen LogP contribution in [-0.2, 0) is 0 Å². The molecule has 2 aromatic rings. The molecule has 1 aliphatic carbocycles. The summed E-state index contributed by atoms with van der Waals surface area (Å²) >= 11 is 0. The number of hydrogen-bond donors (Lipinski definition) is 2. The molecule has 12 heteroatoms. The SMILES string of the molecule is FC1(F)CN(c2nc(Nc3cc(C4CC4)[nH]n3)nc(N3CCCC3)n2)CC1(F)F. The molecule has 5 rings (SSSR count). The second-order valence-electron chi connectivity index (χ2n) is 7.83. The van der Waals surface area contributed by atoms with Gasteiger partial charge >= 0.3 is 11.8 Å². The van der Waals surface area contributed by atoms with E-state index in [9.17, 15) is 17.6 Å². The van der Waals surface area contributed by atoms with Crippen molar-refractivity contribution in [3.05, 3.63) is 11.8 Å². The highest BCUT2D eigenvalue weighted by atomic mass is 19.3. The number of nitrogens with zero attached hydrogens (tertiary/aromatic N) is 6. The number of rotatable bonds is 5. The first-order valence-electron chi connectivity index (χ1n) is 9.65. The van der Waals surface area contributed by atoms with Gasteiger partial charge in [-0.2, -0.15) is 37.6 Å². The third-order valence-corrected chi connectivity index (χ3v) is 5.45. The van der Waals surface area contributed by atoms with Gasteiger partial charge < -0.3 is 15.1 Å². The second kappa shape index (κ2) is 6.42. The highest BCUT2D eigenvalue weighted by molar-refractivity contribution is 5.54. The van der Waals surface area contributed by atoms with E-state index in [0.29, 0.717) is 24.8 Å². The molecule has 0 aromatic carbocycles. The maximum Gasteiger partial charge on any atom is 0.329 e. The number of aromatic amines is 1.